The number of hydrazone groups is 1. The minimum absolute atomic E-state index is 0.00462. The molecule has 0 spiro atoms. The second kappa shape index (κ2) is 9.23. The number of hydrogen-bond acceptors (Lipinski definition) is 6. The molecule has 0 fully saturated rings. The fraction of sp³-hybridized carbons (Fsp3) is 0.263. The molecule has 0 bridgehead atoms. The Balaban J connectivity index is 2.07. The van der Waals surface area contributed by atoms with Crippen molar-refractivity contribution in [3.63, 3.8) is 0 Å². The van der Waals surface area contributed by atoms with Crippen molar-refractivity contribution in [1.29, 1.82) is 0 Å². The van der Waals surface area contributed by atoms with Crippen molar-refractivity contribution in [3.8, 4) is 11.5 Å². The summed E-state index contributed by atoms with van der Waals surface area (Å²) >= 11 is 0. The highest BCUT2D eigenvalue weighted by Gasteiger charge is 2.20. The zero-order valence-corrected chi connectivity index (χ0v) is 16.7. The van der Waals surface area contributed by atoms with E-state index in [9.17, 15) is 18.3 Å². The first-order chi connectivity index (χ1) is 13.2. The van der Waals surface area contributed by atoms with Crippen molar-refractivity contribution in [2.75, 3.05) is 23.7 Å². The molecule has 28 heavy (non-hydrogen) atoms. The van der Waals surface area contributed by atoms with E-state index < -0.39 is 22.5 Å². The Labute approximate surface area is 164 Å². The Hall–Kier alpha value is -3.07. The molecule has 0 unspecified atom stereocenters. The van der Waals surface area contributed by atoms with Gasteiger partial charge in [-0.25, -0.2) is 13.8 Å². The molecule has 0 aromatic heterocycles. The van der Waals surface area contributed by atoms with Crippen LogP contribution in [0.2, 0.25) is 0 Å². The number of phenols is 1. The first-order valence-electron chi connectivity index (χ1n) is 8.53. The normalized spacial score (nSPS) is 11.4. The monoisotopic (exact) mass is 405 g/mol. The molecule has 0 aliphatic heterocycles. The maximum Gasteiger partial charge on any atom is 0.260 e. The van der Waals surface area contributed by atoms with Gasteiger partial charge in [-0.2, -0.15) is 5.10 Å². The fourth-order valence-electron chi connectivity index (χ4n) is 2.41. The summed E-state index contributed by atoms with van der Waals surface area (Å²) < 4.78 is 30.4. The van der Waals surface area contributed by atoms with Crippen LogP contribution in [0.15, 0.2) is 47.6 Å². The molecule has 0 heterocycles. The van der Waals surface area contributed by atoms with Gasteiger partial charge in [0, 0.05) is 0 Å². The number of nitrogens with one attached hydrogen (secondary N) is 1. The number of carbonyl (C=O) groups is 1. The van der Waals surface area contributed by atoms with Crippen molar-refractivity contribution < 1.29 is 23.1 Å². The zero-order chi connectivity index (χ0) is 20.7. The Bertz CT molecular complexity index is 973. The molecule has 0 radical (unpaired) electrons. The third kappa shape index (κ3) is 5.98. The van der Waals surface area contributed by atoms with E-state index in [1.807, 2.05) is 13.0 Å². The highest BCUT2D eigenvalue weighted by Crippen LogP contribution is 2.26. The van der Waals surface area contributed by atoms with Gasteiger partial charge in [0.15, 0.2) is 11.5 Å². The molecule has 2 N–H and O–H groups in total. The highest BCUT2D eigenvalue weighted by molar-refractivity contribution is 7.92. The lowest BCUT2D eigenvalue weighted by molar-refractivity contribution is -0.119. The summed E-state index contributed by atoms with van der Waals surface area (Å²) in [5.41, 5.74) is 4.18. The summed E-state index contributed by atoms with van der Waals surface area (Å²) in [5.74, 6) is -0.280. The van der Waals surface area contributed by atoms with E-state index in [-0.39, 0.29) is 5.75 Å². The van der Waals surface area contributed by atoms with Gasteiger partial charge in [-0.05, 0) is 55.3 Å². The SMILES string of the molecule is CCOc1cc(/C=N\NC(=O)CN(c2cccc(C)c2)S(C)(=O)=O)ccc1O. The van der Waals surface area contributed by atoms with E-state index in [4.69, 9.17) is 4.74 Å². The van der Waals surface area contributed by atoms with E-state index in [1.54, 1.807) is 37.3 Å². The number of nitrogens with zero attached hydrogens (tertiary/aromatic N) is 2. The predicted molar refractivity (Wildman–Crippen MR) is 108 cm³/mol. The molecule has 2 aromatic carbocycles. The van der Waals surface area contributed by atoms with Gasteiger partial charge in [-0.1, -0.05) is 12.1 Å². The molecular formula is C19H23N3O5S. The molecule has 0 aliphatic carbocycles. The average Bonchev–Trinajstić information content (AvgIpc) is 2.61. The largest absolute Gasteiger partial charge is 0.504 e. The van der Waals surface area contributed by atoms with Crippen molar-refractivity contribution >= 4 is 27.8 Å². The number of benzene rings is 2. The van der Waals surface area contributed by atoms with Crippen LogP contribution in [0.4, 0.5) is 5.69 Å². The maximum absolute atomic E-state index is 12.2. The Morgan fingerprint density at radius 2 is 2.04 bits per heavy atom. The van der Waals surface area contributed by atoms with E-state index in [2.05, 4.69) is 10.5 Å². The third-order valence-corrected chi connectivity index (χ3v) is 4.80. The summed E-state index contributed by atoms with van der Waals surface area (Å²) in [7, 11) is -3.65. The standard InChI is InChI=1S/C19H23N3O5S/c1-4-27-18-11-15(8-9-17(18)23)12-20-21-19(24)13-22(28(3,25)26)16-7-5-6-14(2)10-16/h5-12,23H,4,13H2,1-3H3,(H,21,24)/b20-12-. The van der Waals surface area contributed by atoms with E-state index in [0.717, 1.165) is 16.1 Å². The first kappa shape index (κ1) is 21.2. The summed E-state index contributed by atoms with van der Waals surface area (Å²) in [4.78, 5) is 12.2. The number of aromatic hydroxyl groups is 1. The summed E-state index contributed by atoms with van der Waals surface area (Å²) in [6, 6.07) is 11.5. The van der Waals surface area contributed by atoms with Gasteiger partial charge in [0.2, 0.25) is 10.0 Å². The number of ether oxygens (including phenoxy) is 1. The van der Waals surface area contributed by atoms with E-state index in [0.29, 0.717) is 23.6 Å². The molecule has 0 aliphatic rings. The lowest BCUT2D eigenvalue weighted by atomic mass is 10.2. The smallest absolute Gasteiger partial charge is 0.260 e. The molecule has 2 aromatic rings. The van der Waals surface area contributed by atoms with Crippen molar-refractivity contribution in [2.24, 2.45) is 5.10 Å². The molecule has 8 nitrogen and oxygen atoms in total. The van der Waals surface area contributed by atoms with Crippen LogP contribution in [0.1, 0.15) is 18.1 Å². The number of amides is 1. The van der Waals surface area contributed by atoms with Crippen LogP contribution in [-0.2, 0) is 14.8 Å². The molecule has 0 saturated carbocycles. The van der Waals surface area contributed by atoms with Gasteiger partial charge in [0.05, 0.1) is 24.8 Å². The van der Waals surface area contributed by atoms with Crippen LogP contribution >= 0.6 is 0 Å². The molecular weight excluding hydrogens is 382 g/mol. The van der Waals surface area contributed by atoms with E-state index >= 15 is 0 Å². The summed E-state index contributed by atoms with van der Waals surface area (Å²) in [6.07, 6.45) is 2.41. The number of aryl methyl sites for hydroxylation is 1. The molecule has 0 atom stereocenters. The van der Waals surface area contributed by atoms with Gasteiger partial charge >= 0.3 is 0 Å². The fourth-order valence-corrected chi connectivity index (χ4v) is 3.26. The number of carbonyl (C=O) groups excluding carboxylic acids is 1. The van der Waals surface area contributed by atoms with Crippen LogP contribution in [0.5, 0.6) is 11.5 Å². The van der Waals surface area contributed by atoms with Crippen molar-refractivity contribution in [2.45, 2.75) is 13.8 Å². The Kier molecular flexibility index (Phi) is 7.00. The highest BCUT2D eigenvalue weighted by atomic mass is 32.2. The molecule has 9 heteroatoms. The lowest BCUT2D eigenvalue weighted by Gasteiger charge is -2.21. The van der Waals surface area contributed by atoms with Crippen LogP contribution in [0, 0.1) is 6.92 Å². The summed E-state index contributed by atoms with van der Waals surface area (Å²) in [5, 5.41) is 13.5. The minimum Gasteiger partial charge on any atom is -0.504 e. The zero-order valence-electron chi connectivity index (χ0n) is 15.9. The molecule has 150 valence electrons. The van der Waals surface area contributed by atoms with Gasteiger partial charge in [0.1, 0.15) is 6.54 Å². The number of sulfonamides is 1. The minimum atomic E-state index is -3.65. The molecule has 2 rings (SSSR count). The van der Waals surface area contributed by atoms with Gasteiger partial charge in [0.25, 0.3) is 5.91 Å². The van der Waals surface area contributed by atoms with E-state index in [1.165, 1.54) is 12.3 Å². The number of anilines is 1. The molecule has 1 amide bonds. The van der Waals surface area contributed by atoms with Crippen molar-refractivity contribution in [3.05, 3.63) is 53.6 Å². The van der Waals surface area contributed by atoms with Crippen LogP contribution < -0.4 is 14.5 Å². The second-order valence-corrected chi connectivity index (χ2v) is 7.97. The van der Waals surface area contributed by atoms with Gasteiger partial charge < -0.3 is 9.84 Å². The predicted octanol–water partition coefficient (Wildman–Crippen LogP) is 2.02. The van der Waals surface area contributed by atoms with Crippen molar-refractivity contribution in [1.82, 2.24) is 5.43 Å². The quantitative estimate of drug-likeness (QED) is 0.516. The van der Waals surface area contributed by atoms with Crippen LogP contribution in [0.25, 0.3) is 0 Å². The Morgan fingerprint density at radius 1 is 1.29 bits per heavy atom. The number of phenolic OH excluding ortho intramolecular Hbond substituents is 1. The topological polar surface area (TPSA) is 108 Å². The number of rotatable bonds is 8. The second-order valence-electron chi connectivity index (χ2n) is 6.06. The van der Waals surface area contributed by atoms with Gasteiger partial charge in [-0.3, -0.25) is 9.10 Å². The van der Waals surface area contributed by atoms with Crippen LogP contribution in [-0.4, -0.2) is 45.1 Å². The Morgan fingerprint density at radius 3 is 2.68 bits per heavy atom. The summed E-state index contributed by atoms with van der Waals surface area (Å²) in [6.45, 7) is 3.62. The first-order valence-corrected chi connectivity index (χ1v) is 10.4. The maximum atomic E-state index is 12.2. The lowest BCUT2D eigenvalue weighted by Crippen LogP contribution is -2.39. The molecule has 0 saturated heterocycles. The van der Waals surface area contributed by atoms with Gasteiger partial charge in [-0.15, -0.1) is 0 Å². The number of hydrogen-bond donors (Lipinski definition) is 2. The van der Waals surface area contributed by atoms with Crippen LogP contribution in [0.3, 0.4) is 0 Å². The third-order valence-electron chi connectivity index (χ3n) is 3.66. The average molecular weight is 405 g/mol.